The van der Waals surface area contributed by atoms with Crippen LogP contribution in [0.25, 0.3) is 10.9 Å². The standard InChI is InChI=1S/C19H27N3O2/c1-13-14(2)21-18-16(13)5-3-6-17(18)19(24)20-9-4-10-22-11-7-15(23)8-12-22/h3,5-6,15,21,23H,4,7-12H2,1-2H3,(H,20,24). The molecule has 24 heavy (non-hydrogen) atoms. The van der Waals surface area contributed by atoms with Crippen LogP contribution in [0, 0.1) is 13.8 Å². The number of hydrogen-bond donors (Lipinski definition) is 3. The molecular weight excluding hydrogens is 302 g/mol. The Morgan fingerprint density at radius 1 is 1.33 bits per heavy atom. The van der Waals surface area contributed by atoms with E-state index in [0.29, 0.717) is 12.1 Å². The first kappa shape index (κ1) is 17.0. The summed E-state index contributed by atoms with van der Waals surface area (Å²) in [7, 11) is 0. The van der Waals surface area contributed by atoms with E-state index in [-0.39, 0.29) is 12.0 Å². The molecule has 1 aromatic heterocycles. The number of carbonyl (C=O) groups is 1. The highest BCUT2D eigenvalue weighted by Gasteiger charge is 2.17. The average molecular weight is 329 g/mol. The van der Waals surface area contributed by atoms with Crippen molar-refractivity contribution in [1.29, 1.82) is 0 Å². The van der Waals surface area contributed by atoms with E-state index in [1.54, 1.807) is 0 Å². The van der Waals surface area contributed by atoms with Gasteiger partial charge in [-0.3, -0.25) is 4.79 Å². The Bertz CT molecular complexity index is 715. The van der Waals surface area contributed by atoms with Crippen molar-refractivity contribution in [1.82, 2.24) is 15.2 Å². The van der Waals surface area contributed by atoms with E-state index in [2.05, 4.69) is 28.2 Å². The zero-order valence-electron chi connectivity index (χ0n) is 14.6. The number of fused-ring (bicyclic) bond motifs is 1. The Morgan fingerprint density at radius 2 is 2.08 bits per heavy atom. The fourth-order valence-electron chi connectivity index (χ4n) is 3.41. The van der Waals surface area contributed by atoms with Gasteiger partial charge in [0, 0.05) is 30.7 Å². The quantitative estimate of drug-likeness (QED) is 0.738. The molecule has 1 aliphatic heterocycles. The van der Waals surface area contributed by atoms with Crippen molar-refractivity contribution in [2.45, 2.75) is 39.2 Å². The molecule has 0 bridgehead atoms. The third-order valence-electron chi connectivity index (χ3n) is 5.08. The summed E-state index contributed by atoms with van der Waals surface area (Å²) in [4.78, 5) is 18.2. The number of hydrogen-bond acceptors (Lipinski definition) is 3. The van der Waals surface area contributed by atoms with E-state index in [9.17, 15) is 9.90 Å². The normalized spacial score (nSPS) is 16.6. The van der Waals surface area contributed by atoms with Crippen LogP contribution in [0.2, 0.25) is 0 Å². The highest BCUT2D eigenvalue weighted by Crippen LogP contribution is 2.24. The summed E-state index contributed by atoms with van der Waals surface area (Å²) < 4.78 is 0. The second-order valence-electron chi connectivity index (χ2n) is 6.79. The van der Waals surface area contributed by atoms with Gasteiger partial charge < -0.3 is 20.3 Å². The van der Waals surface area contributed by atoms with Crippen LogP contribution in [0.15, 0.2) is 18.2 Å². The SMILES string of the molecule is Cc1[nH]c2c(C(=O)NCCCN3CCC(O)CC3)cccc2c1C. The van der Waals surface area contributed by atoms with Crippen molar-refractivity contribution in [2.75, 3.05) is 26.2 Å². The molecule has 0 unspecified atom stereocenters. The summed E-state index contributed by atoms with van der Waals surface area (Å²) in [5.41, 5.74) is 3.95. The summed E-state index contributed by atoms with van der Waals surface area (Å²) >= 11 is 0. The number of aromatic nitrogens is 1. The zero-order chi connectivity index (χ0) is 17.1. The van der Waals surface area contributed by atoms with E-state index in [4.69, 9.17) is 0 Å². The molecule has 0 spiro atoms. The van der Waals surface area contributed by atoms with Gasteiger partial charge in [-0.1, -0.05) is 12.1 Å². The van der Waals surface area contributed by atoms with E-state index in [1.807, 2.05) is 19.1 Å². The van der Waals surface area contributed by atoms with Crippen molar-refractivity contribution in [3.05, 3.63) is 35.0 Å². The Hall–Kier alpha value is -1.85. The molecule has 1 amide bonds. The number of aromatic amines is 1. The molecule has 3 rings (SSSR count). The summed E-state index contributed by atoms with van der Waals surface area (Å²) in [5.74, 6) is -0.0177. The smallest absolute Gasteiger partial charge is 0.253 e. The number of piperidine rings is 1. The Balaban J connectivity index is 1.53. The summed E-state index contributed by atoms with van der Waals surface area (Å²) in [6.07, 6.45) is 2.52. The summed E-state index contributed by atoms with van der Waals surface area (Å²) in [5, 5.41) is 13.7. The van der Waals surface area contributed by atoms with E-state index < -0.39 is 0 Å². The van der Waals surface area contributed by atoms with Gasteiger partial charge in [0.05, 0.1) is 17.2 Å². The monoisotopic (exact) mass is 329 g/mol. The van der Waals surface area contributed by atoms with Gasteiger partial charge in [0.15, 0.2) is 0 Å². The summed E-state index contributed by atoms with van der Waals surface area (Å²) in [6, 6.07) is 5.87. The number of likely N-dealkylation sites (tertiary alicyclic amines) is 1. The minimum Gasteiger partial charge on any atom is -0.393 e. The number of benzene rings is 1. The molecule has 0 aliphatic carbocycles. The van der Waals surface area contributed by atoms with Crippen LogP contribution < -0.4 is 5.32 Å². The van der Waals surface area contributed by atoms with E-state index in [0.717, 1.165) is 55.5 Å². The fraction of sp³-hybridized carbons (Fsp3) is 0.526. The van der Waals surface area contributed by atoms with Gasteiger partial charge in [-0.05, 0) is 51.3 Å². The number of para-hydroxylation sites is 1. The molecule has 0 saturated carbocycles. The average Bonchev–Trinajstić information content (AvgIpc) is 2.88. The van der Waals surface area contributed by atoms with Gasteiger partial charge in [-0.15, -0.1) is 0 Å². The third kappa shape index (κ3) is 3.62. The van der Waals surface area contributed by atoms with Crippen LogP contribution in [-0.2, 0) is 0 Å². The van der Waals surface area contributed by atoms with Crippen LogP contribution in [0.1, 0.15) is 40.9 Å². The number of carbonyl (C=O) groups excluding carboxylic acids is 1. The molecule has 5 heteroatoms. The molecule has 1 saturated heterocycles. The maximum Gasteiger partial charge on any atom is 0.253 e. The van der Waals surface area contributed by atoms with Crippen molar-refractivity contribution >= 4 is 16.8 Å². The first-order valence-corrected chi connectivity index (χ1v) is 8.83. The van der Waals surface area contributed by atoms with Crippen LogP contribution >= 0.6 is 0 Å². The van der Waals surface area contributed by atoms with Crippen molar-refractivity contribution < 1.29 is 9.90 Å². The molecule has 2 heterocycles. The summed E-state index contributed by atoms with van der Waals surface area (Å²) in [6.45, 7) is 7.66. The second kappa shape index (κ2) is 7.36. The fourth-order valence-corrected chi connectivity index (χ4v) is 3.41. The Morgan fingerprint density at radius 3 is 2.83 bits per heavy atom. The first-order chi connectivity index (χ1) is 11.6. The highest BCUT2D eigenvalue weighted by atomic mass is 16.3. The van der Waals surface area contributed by atoms with Crippen LogP contribution in [-0.4, -0.2) is 53.2 Å². The predicted octanol–water partition coefficient (Wildman–Crippen LogP) is 2.36. The van der Waals surface area contributed by atoms with Crippen LogP contribution in [0.3, 0.4) is 0 Å². The molecule has 0 radical (unpaired) electrons. The van der Waals surface area contributed by atoms with E-state index >= 15 is 0 Å². The number of rotatable bonds is 5. The van der Waals surface area contributed by atoms with Crippen molar-refractivity contribution in [3.8, 4) is 0 Å². The number of amides is 1. The number of aliphatic hydroxyl groups excluding tert-OH is 1. The lowest BCUT2D eigenvalue weighted by Gasteiger charge is -2.29. The minimum atomic E-state index is -0.130. The largest absolute Gasteiger partial charge is 0.393 e. The topological polar surface area (TPSA) is 68.4 Å². The van der Waals surface area contributed by atoms with Gasteiger partial charge in [0.25, 0.3) is 5.91 Å². The van der Waals surface area contributed by atoms with Crippen LogP contribution in [0.5, 0.6) is 0 Å². The first-order valence-electron chi connectivity index (χ1n) is 8.83. The molecule has 1 aliphatic rings. The zero-order valence-corrected chi connectivity index (χ0v) is 14.6. The molecule has 2 aromatic rings. The highest BCUT2D eigenvalue weighted by molar-refractivity contribution is 6.06. The molecule has 0 atom stereocenters. The molecule has 1 aromatic carbocycles. The van der Waals surface area contributed by atoms with Crippen LogP contribution in [0.4, 0.5) is 0 Å². The lowest BCUT2D eigenvalue weighted by atomic mass is 10.1. The van der Waals surface area contributed by atoms with Gasteiger partial charge in [0.1, 0.15) is 0 Å². The molecule has 3 N–H and O–H groups in total. The van der Waals surface area contributed by atoms with Gasteiger partial charge in [-0.25, -0.2) is 0 Å². The second-order valence-corrected chi connectivity index (χ2v) is 6.79. The van der Waals surface area contributed by atoms with Gasteiger partial charge in [0.2, 0.25) is 0 Å². The third-order valence-corrected chi connectivity index (χ3v) is 5.08. The number of nitrogens with zero attached hydrogens (tertiary/aromatic N) is 1. The van der Waals surface area contributed by atoms with E-state index in [1.165, 1.54) is 5.56 Å². The molecular formula is C19H27N3O2. The number of aryl methyl sites for hydroxylation is 2. The lowest BCUT2D eigenvalue weighted by Crippen LogP contribution is -2.37. The predicted molar refractivity (Wildman–Crippen MR) is 96.4 cm³/mol. The Labute approximate surface area is 143 Å². The molecule has 130 valence electrons. The molecule has 1 fully saturated rings. The Kier molecular flexibility index (Phi) is 5.21. The maximum absolute atomic E-state index is 12.5. The number of H-pyrrole nitrogens is 1. The van der Waals surface area contributed by atoms with Gasteiger partial charge >= 0.3 is 0 Å². The number of aliphatic hydroxyl groups is 1. The number of nitrogens with one attached hydrogen (secondary N) is 2. The maximum atomic E-state index is 12.5. The minimum absolute atomic E-state index is 0.0177. The van der Waals surface area contributed by atoms with Gasteiger partial charge in [-0.2, -0.15) is 0 Å². The lowest BCUT2D eigenvalue weighted by molar-refractivity contribution is 0.0816. The molecule has 5 nitrogen and oxygen atoms in total. The van der Waals surface area contributed by atoms with Crippen molar-refractivity contribution in [3.63, 3.8) is 0 Å². The van der Waals surface area contributed by atoms with Crippen molar-refractivity contribution in [2.24, 2.45) is 0 Å².